The first-order chi connectivity index (χ1) is 12.0. The van der Waals surface area contributed by atoms with Crippen molar-refractivity contribution in [3.05, 3.63) is 18.2 Å². The highest BCUT2D eigenvalue weighted by molar-refractivity contribution is 14.0. The fourth-order valence-corrected chi connectivity index (χ4v) is 2.57. The molecule has 8 heteroatoms. The highest BCUT2D eigenvalue weighted by Gasteiger charge is 2.09. The third-order valence-corrected chi connectivity index (χ3v) is 3.83. The maximum atomic E-state index is 12.0. The first kappa shape index (κ1) is 24.7. The number of amides is 1. The van der Waals surface area contributed by atoms with Crippen LogP contribution >= 0.6 is 24.0 Å². The molecular formula is C18H35IN6O. The molecule has 1 aromatic heterocycles. The Labute approximate surface area is 175 Å². The van der Waals surface area contributed by atoms with E-state index in [-0.39, 0.29) is 29.9 Å². The second kappa shape index (κ2) is 13.8. The minimum absolute atomic E-state index is 0. The highest BCUT2D eigenvalue weighted by Crippen LogP contribution is 2.04. The number of guanidine groups is 1. The van der Waals surface area contributed by atoms with Crippen LogP contribution in [0.15, 0.2) is 17.4 Å². The van der Waals surface area contributed by atoms with Crippen molar-refractivity contribution in [2.24, 2.45) is 10.9 Å². The van der Waals surface area contributed by atoms with Crippen LogP contribution in [0.4, 0.5) is 0 Å². The zero-order valence-corrected chi connectivity index (χ0v) is 19.1. The van der Waals surface area contributed by atoms with Crippen molar-refractivity contribution < 1.29 is 4.79 Å². The van der Waals surface area contributed by atoms with Gasteiger partial charge in [0, 0.05) is 51.5 Å². The Morgan fingerprint density at radius 1 is 1.27 bits per heavy atom. The van der Waals surface area contributed by atoms with Gasteiger partial charge in [-0.1, -0.05) is 13.8 Å². The van der Waals surface area contributed by atoms with E-state index in [0.29, 0.717) is 31.4 Å². The molecule has 7 nitrogen and oxygen atoms in total. The molecule has 0 spiro atoms. The Bertz CT molecular complexity index is 540. The molecule has 0 aliphatic heterocycles. The van der Waals surface area contributed by atoms with Gasteiger partial charge in [-0.2, -0.15) is 0 Å². The van der Waals surface area contributed by atoms with E-state index < -0.39 is 0 Å². The molecule has 0 saturated carbocycles. The Morgan fingerprint density at radius 3 is 2.54 bits per heavy atom. The molecule has 0 radical (unpaired) electrons. The fraction of sp³-hybridized carbons (Fsp3) is 0.722. The smallest absolute Gasteiger partial charge is 0.224 e. The van der Waals surface area contributed by atoms with E-state index in [1.165, 1.54) is 0 Å². The molecule has 0 saturated heterocycles. The summed E-state index contributed by atoms with van der Waals surface area (Å²) in [5.74, 6) is 2.40. The molecule has 0 aliphatic carbocycles. The molecule has 0 aliphatic rings. The number of carbonyl (C=O) groups is 1. The maximum Gasteiger partial charge on any atom is 0.224 e. The molecule has 1 aromatic rings. The van der Waals surface area contributed by atoms with Crippen LogP contribution in [0.25, 0.3) is 0 Å². The largest absolute Gasteiger partial charge is 0.357 e. The second-order valence-corrected chi connectivity index (χ2v) is 6.33. The minimum atomic E-state index is 0. The van der Waals surface area contributed by atoms with E-state index in [2.05, 4.69) is 39.0 Å². The molecule has 0 bridgehead atoms. The van der Waals surface area contributed by atoms with E-state index in [0.717, 1.165) is 32.0 Å². The number of hydrogen-bond acceptors (Lipinski definition) is 3. The second-order valence-electron chi connectivity index (χ2n) is 6.33. The van der Waals surface area contributed by atoms with Crippen LogP contribution in [-0.2, 0) is 17.9 Å². The van der Waals surface area contributed by atoms with Crippen molar-refractivity contribution in [2.75, 3.05) is 26.2 Å². The summed E-state index contributed by atoms with van der Waals surface area (Å²) in [5.41, 5.74) is 0. The van der Waals surface area contributed by atoms with Crippen molar-refractivity contribution in [3.8, 4) is 0 Å². The van der Waals surface area contributed by atoms with Gasteiger partial charge >= 0.3 is 0 Å². The minimum Gasteiger partial charge on any atom is -0.357 e. The number of rotatable bonds is 10. The zero-order chi connectivity index (χ0) is 18.7. The standard InChI is InChI=1S/C18H34N6O.HI/c1-6-19-18(21-10-9-17(25)23(7-2)8-3)22-13-16-20-11-12-24(16)14-15(4)5;/h11-12,15H,6-10,13-14H2,1-5H3,(H2,19,21,22);1H. The SMILES string of the molecule is CCNC(=NCc1nccn1CC(C)C)NCCC(=O)N(CC)CC.I. The fourth-order valence-electron chi connectivity index (χ4n) is 2.57. The van der Waals surface area contributed by atoms with Gasteiger partial charge in [0.25, 0.3) is 0 Å². The van der Waals surface area contributed by atoms with Crippen LogP contribution in [0.3, 0.4) is 0 Å². The van der Waals surface area contributed by atoms with Gasteiger partial charge in [0.2, 0.25) is 5.91 Å². The molecule has 1 amide bonds. The van der Waals surface area contributed by atoms with Gasteiger partial charge in [-0.15, -0.1) is 24.0 Å². The van der Waals surface area contributed by atoms with Gasteiger partial charge in [0.1, 0.15) is 12.4 Å². The highest BCUT2D eigenvalue weighted by atomic mass is 127. The summed E-state index contributed by atoms with van der Waals surface area (Å²) >= 11 is 0. The van der Waals surface area contributed by atoms with E-state index in [1.54, 1.807) is 0 Å². The summed E-state index contributed by atoms with van der Waals surface area (Å²) in [6.07, 6.45) is 4.28. The third-order valence-electron chi connectivity index (χ3n) is 3.83. The van der Waals surface area contributed by atoms with Gasteiger partial charge in [0.15, 0.2) is 5.96 Å². The summed E-state index contributed by atoms with van der Waals surface area (Å²) in [5, 5.41) is 6.44. The molecule has 0 atom stereocenters. The number of aromatic nitrogens is 2. The van der Waals surface area contributed by atoms with Crippen molar-refractivity contribution in [1.82, 2.24) is 25.1 Å². The lowest BCUT2D eigenvalue weighted by atomic mass is 10.2. The van der Waals surface area contributed by atoms with Crippen LogP contribution in [0.5, 0.6) is 0 Å². The molecular weight excluding hydrogens is 443 g/mol. The van der Waals surface area contributed by atoms with Crippen LogP contribution < -0.4 is 10.6 Å². The van der Waals surface area contributed by atoms with Crippen molar-refractivity contribution in [2.45, 2.75) is 54.1 Å². The van der Waals surface area contributed by atoms with Gasteiger partial charge in [0.05, 0.1) is 0 Å². The monoisotopic (exact) mass is 478 g/mol. The van der Waals surface area contributed by atoms with Crippen LogP contribution in [0.2, 0.25) is 0 Å². The maximum absolute atomic E-state index is 12.0. The van der Waals surface area contributed by atoms with E-state index >= 15 is 0 Å². The van der Waals surface area contributed by atoms with Gasteiger partial charge in [-0.3, -0.25) is 4.79 Å². The molecule has 0 aromatic carbocycles. The summed E-state index contributed by atoms with van der Waals surface area (Å²) in [6.45, 7) is 14.7. The number of imidazole rings is 1. The number of halogens is 1. The van der Waals surface area contributed by atoms with Crippen molar-refractivity contribution in [3.63, 3.8) is 0 Å². The van der Waals surface area contributed by atoms with Gasteiger partial charge in [-0.05, 0) is 26.7 Å². The van der Waals surface area contributed by atoms with Crippen LogP contribution in [0, 0.1) is 5.92 Å². The third kappa shape index (κ3) is 8.86. The van der Waals surface area contributed by atoms with Crippen molar-refractivity contribution >= 4 is 35.8 Å². The van der Waals surface area contributed by atoms with Gasteiger partial charge < -0.3 is 20.1 Å². The quantitative estimate of drug-likeness (QED) is 0.308. The van der Waals surface area contributed by atoms with E-state index in [9.17, 15) is 4.79 Å². The number of nitrogens with zero attached hydrogens (tertiary/aromatic N) is 4. The topological polar surface area (TPSA) is 74.5 Å². The Balaban J connectivity index is 0.00000625. The lowest BCUT2D eigenvalue weighted by molar-refractivity contribution is -0.130. The molecule has 0 unspecified atom stereocenters. The van der Waals surface area contributed by atoms with Crippen molar-refractivity contribution in [1.29, 1.82) is 0 Å². The average Bonchev–Trinajstić information content (AvgIpc) is 3.00. The number of nitrogens with one attached hydrogen (secondary N) is 2. The van der Waals surface area contributed by atoms with Crippen LogP contribution in [-0.4, -0.2) is 52.5 Å². The molecule has 1 rings (SSSR count). The van der Waals surface area contributed by atoms with Crippen LogP contribution in [0.1, 0.15) is 46.9 Å². The summed E-state index contributed by atoms with van der Waals surface area (Å²) in [4.78, 5) is 22.9. The molecule has 1 heterocycles. The molecule has 150 valence electrons. The number of aliphatic imine (C=N–C) groups is 1. The summed E-state index contributed by atoms with van der Waals surface area (Å²) < 4.78 is 2.14. The number of carbonyl (C=O) groups excluding carboxylic acids is 1. The van der Waals surface area contributed by atoms with E-state index in [1.807, 2.05) is 38.1 Å². The lowest BCUT2D eigenvalue weighted by Crippen LogP contribution is -2.40. The Kier molecular flexibility index (Phi) is 13.1. The normalized spacial score (nSPS) is 11.2. The first-order valence-electron chi connectivity index (χ1n) is 9.31. The summed E-state index contributed by atoms with van der Waals surface area (Å²) in [7, 11) is 0. The van der Waals surface area contributed by atoms with E-state index in [4.69, 9.17) is 0 Å². The Morgan fingerprint density at radius 2 is 1.96 bits per heavy atom. The molecule has 26 heavy (non-hydrogen) atoms. The molecule has 2 N–H and O–H groups in total. The Hall–Kier alpha value is -1.32. The van der Waals surface area contributed by atoms with Gasteiger partial charge in [-0.25, -0.2) is 9.98 Å². The lowest BCUT2D eigenvalue weighted by Gasteiger charge is -2.19. The molecule has 0 fully saturated rings. The average molecular weight is 478 g/mol. The number of hydrogen-bond donors (Lipinski definition) is 2. The predicted molar refractivity (Wildman–Crippen MR) is 118 cm³/mol. The summed E-state index contributed by atoms with van der Waals surface area (Å²) in [6, 6.07) is 0. The first-order valence-corrected chi connectivity index (χ1v) is 9.31. The predicted octanol–water partition coefficient (Wildman–Crippen LogP) is 2.47. The zero-order valence-electron chi connectivity index (χ0n) is 16.8.